The number of methoxy groups -OCH3 is 2. The largest absolute Gasteiger partial charge is 0.493 e. The summed E-state index contributed by atoms with van der Waals surface area (Å²) in [6.45, 7) is 18.6. The summed E-state index contributed by atoms with van der Waals surface area (Å²) in [5, 5.41) is 0. The number of hydrogen-bond donors (Lipinski definition) is 0. The molecule has 3 unspecified atom stereocenters. The standard InChI is InChI=1S/C55H50N4O4/c1-27-13-37-38(14-28(27)2)57-41-17-35-29(15-39(41)56-37)51(3,4)25-55(35)26-52(5,6)30-16-40-42(18-36(30)55)59-44-24-50-49(23-43(44)58-40)62-47-21-33-34(22-48(47)63-50)54(8)12-11-53(33,7)31-19-45(60-9)46(61-10)20-32(31)54/h13-24H,11-12,25-26H2,1-10H3. The molecule has 2 aromatic heterocycles. The van der Waals surface area contributed by atoms with E-state index in [0.717, 1.165) is 87.1 Å². The first kappa shape index (κ1) is 37.3. The normalized spacial score (nSPS) is 23.8. The van der Waals surface area contributed by atoms with Crippen molar-refractivity contribution in [3.8, 4) is 34.5 Å². The molecule has 8 nitrogen and oxygen atoms in total. The van der Waals surface area contributed by atoms with Crippen LogP contribution in [0.1, 0.15) is 123 Å². The summed E-state index contributed by atoms with van der Waals surface area (Å²) in [4.78, 5) is 21.0. The van der Waals surface area contributed by atoms with Crippen LogP contribution in [0.15, 0.2) is 72.8 Å². The number of nitrogens with zero attached hydrogens (tertiary/aromatic N) is 4. The lowest BCUT2D eigenvalue weighted by molar-refractivity contribution is 0.308. The van der Waals surface area contributed by atoms with E-state index in [0.29, 0.717) is 17.2 Å². The molecule has 0 radical (unpaired) electrons. The van der Waals surface area contributed by atoms with Crippen molar-refractivity contribution >= 4 is 44.1 Å². The monoisotopic (exact) mass is 830 g/mol. The number of benzene rings is 6. The van der Waals surface area contributed by atoms with Crippen molar-refractivity contribution in [3.05, 3.63) is 128 Å². The minimum absolute atomic E-state index is 0.0600. The third-order valence-electron chi connectivity index (χ3n) is 16.4. The van der Waals surface area contributed by atoms with Crippen molar-refractivity contribution < 1.29 is 18.9 Å². The predicted molar refractivity (Wildman–Crippen MR) is 248 cm³/mol. The smallest absolute Gasteiger partial charge is 0.172 e. The lowest BCUT2D eigenvalue weighted by Crippen LogP contribution is -2.46. The first-order valence-corrected chi connectivity index (χ1v) is 22.4. The highest BCUT2D eigenvalue weighted by Gasteiger charge is 2.57. The van der Waals surface area contributed by atoms with E-state index in [4.69, 9.17) is 38.9 Å². The van der Waals surface area contributed by atoms with Crippen molar-refractivity contribution in [2.45, 2.75) is 108 Å². The summed E-state index contributed by atoms with van der Waals surface area (Å²) >= 11 is 0. The van der Waals surface area contributed by atoms with Gasteiger partial charge >= 0.3 is 0 Å². The van der Waals surface area contributed by atoms with E-state index >= 15 is 0 Å². The van der Waals surface area contributed by atoms with E-state index in [-0.39, 0.29) is 27.1 Å². The van der Waals surface area contributed by atoms with E-state index < -0.39 is 0 Å². The van der Waals surface area contributed by atoms with Crippen LogP contribution >= 0.6 is 0 Å². The first-order chi connectivity index (χ1) is 30.0. The molecular weight excluding hydrogens is 781 g/mol. The maximum absolute atomic E-state index is 6.78. The Morgan fingerprint density at radius 1 is 0.397 bits per heavy atom. The molecule has 0 saturated carbocycles. The number of rotatable bonds is 2. The summed E-state index contributed by atoms with van der Waals surface area (Å²) in [7, 11) is 3.41. The van der Waals surface area contributed by atoms with Gasteiger partial charge in [-0.3, -0.25) is 0 Å². The molecule has 3 atom stereocenters. The van der Waals surface area contributed by atoms with Gasteiger partial charge in [0.05, 0.1) is 58.4 Å². The lowest BCUT2D eigenvalue weighted by atomic mass is 9.50. The van der Waals surface area contributed by atoms with E-state index in [1.54, 1.807) is 14.2 Å². The van der Waals surface area contributed by atoms with E-state index in [9.17, 15) is 0 Å². The molecule has 8 aromatic rings. The lowest BCUT2D eigenvalue weighted by Gasteiger charge is -2.53. The minimum atomic E-state index is -0.219. The van der Waals surface area contributed by atoms with Gasteiger partial charge in [-0.15, -0.1) is 0 Å². The molecule has 63 heavy (non-hydrogen) atoms. The van der Waals surface area contributed by atoms with E-state index in [1.807, 2.05) is 12.1 Å². The highest BCUT2D eigenvalue weighted by Crippen LogP contribution is 2.65. The Morgan fingerprint density at radius 2 is 0.714 bits per heavy atom. The van der Waals surface area contributed by atoms with Gasteiger partial charge in [0.1, 0.15) is 0 Å². The van der Waals surface area contributed by atoms with Crippen molar-refractivity contribution in [1.82, 2.24) is 19.9 Å². The summed E-state index contributed by atoms with van der Waals surface area (Å²) < 4.78 is 25.1. The van der Waals surface area contributed by atoms with Crippen LogP contribution in [-0.4, -0.2) is 34.2 Å². The Bertz CT molecular complexity index is 3460. The molecule has 5 aliphatic carbocycles. The summed E-state index contributed by atoms with van der Waals surface area (Å²) in [5.41, 5.74) is 19.4. The molecule has 6 aliphatic rings. The number of aromatic nitrogens is 4. The molecule has 0 N–H and O–H groups in total. The number of hydrogen-bond acceptors (Lipinski definition) is 8. The zero-order chi connectivity index (χ0) is 43.3. The molecule has 314 valence electrons. The number of ether oxygens (including phenoxy) is 4. The van der Waals surface area contributed by atoms with Crippen LogP contribution in [0.5, 0.6) is 34.5 Å². The quantitative estimate of drug-likeness (QED) is 0.159. The molecule has 2 bridgehead atoms. The third-order valence-corrected chi connectivity index (χ3v) is 16.4. The fourth-order valence-electron chi connectivity index (χ4n) is 13.1. The van der Waals surface area contributed by atoms with Gasteiger partial charge < -0.3 is 18.9 Å². The molecular formula is C55H50N4O4. The molecule has 0 amide bonds. The minimum Gasteiger partial charge on any atom is -0.493 e. The van der Waals surface area contributed by atoms with Gasteiger partial charge in [0.25, 0.3) is 0 Å². The van der Waals surface area contributed by atoms with Crippen LogP contribution < -0.4 is 18.9 Å². The Morgan fingerprint density at radius 3 is 1.10 bits per heavy atom. The second-order valence-corrected chi connectivity index (χ2v) is 21.1. The molecule has 0 fully saturated rings. The topological polar surface area (TPSA) is 88.5 Å². The Kier molecular flexibility index (Phi) is 6.89. The Hall–Kier alpha value is -6.28. The number of aryl methyl sites for hydroxylation is 2. The van der Waals surface area contributed by atoms with E-state index in [1.165, 1.54) is 55.6 Å². The average Bonchev–Trinajstić information content (AvgIpc) is 3.60. The van der Waals surface area contributed by atoms with Crippen LogP contribution in [0, 0.1) is 13.8 Å². The van der Waals surface area contributed by atoms with Gasteiger partial charge in [-0.25, -0.2) is 19.9 Å². The maximum atomic E-state index is 6.78. The number of fused-ring (bicyclic) bond motifs is 11. The molecule has 3 heterocycles. The van der Waals surface area contributed by atoms with Gasteiger partial charge in [0, 0.05) is 28.4 Å². The van der Waals surface area contributed by atoms with Gasteiger partial charge in [0.2, 0.25) is 0 Å². The summed E-state index contributed by atoms with van der Waals surface area (Å²) in [5.74, 6) is 4.23. The SMILES string of the molecule is COc1cc2c(cc1OC)C1(C)CCC2(C)c2cc3c(cc21)Oc1cc2nc4cc5c(cc4nc2cc1O3)C(C)(C)CC51CC(C)(C)c2cc3nc4cc(C)c(C)cc4nc3cc21. The first-order valence-electron chi connectivity index (χ1n) is 22.4. The molecule has 6 aromatic carbocycles. The fourth-order valence-corrected chi connectivity index (χ4v) is 13.1. The van der Waals surface area contributed by atoms with E-state index in [2.05, 4.69) is 116 Å². The third kappa shape index (κ3) is 4.71. The highest BCUT2D eigenvalue weighted by atomic mass is 16.6. The molecule has 14 rings (SSSR count). The van der Waals surface area contributed by atoms with Crippen LogP contribution in [0.3, 0.4) is 0 Å². The van der Waals surface area contributed by atoms with Gasteiger partial charge in [-0.1, -0.05) is 41.5 Å². The summed E-state index contributed by atoms with van der Waals surface area (Å²) in [6.07, 6.45) is 4.04. The van der Waals surface area contributed by atoms with Crippen LogP contribution in [0.25, 0.3) is 44.1 Å². The van der Waals surface area contributed by atoms with Crippen LogP contribution in [-0.2, 0) is 27.1 Å². The predicted octanol–water partition coefficient (Wildman–Crippen LogP) is 12.8. The van der Waals surface area contributed by atoms with Gasteiger partial charge in [0.15, 0.2) is 34.5 Å². The molecule has 1 aliphatic heterocycles. The second-order valence-electron chi connectivity index (χ2n) is 21.1. The van der Waals surface area contributed by atoms with Crippen LogP contribution in [0.2, 0.25) is 0 Å². The zero-order valence-corrected chi connectivity index (χ0v) is 37.7. The highest BCUT2D eigenvalue weighted by molar-refractivity contribution is 5.92. The molecule has 0 saturated heterocycles. The van der Waals surface area contributed by atoms with Crippen molar-refractivity contribution in [3.63, 3.8) is 0 Å². The Balaban J connectivity index is 0.921. The fraction of sp³-hybridized carbons (Fsp3) is 0.345. The van der Waals surface area contributed by atoms with Crippen LogP contribution in [0.4, 0.5) is 0 Å². The van der Waals surface area contributed by atoms with Gasteiger partial charge in [-0.05, 0) is 167 Å². The molecule has 1 spiro atoms. The maximum Gasteiger partial charge on any atom is 0.172 e. The molecule has 8 heteroatoms. The summed E-state index contributed by atoms with van der Waals surface area (Å²) in [6, 6.07) is 26.5. The average molecular weight is 831 g/mol. The van der Waals surface area contributed by atoms with Crippen molar-refractivity contribution in [2.75, 3.05) is 14.2 Å². The van der Waals surface area contributed by atoms with Gasteiger partial charge in [-0.2, -0.15) is 0 Å². The Labute approximate surface area is 367 Å². The van der Waals surface area contributed by atoms with Crippen molar-refractivity contribution in [2.24, 2.45) is 0 Å². The van der Waals surface area contributed by atoms with Crippen molar-refractivity contribution in [1.29, 1.82) is 0 Å². The zero-order valence-electron chi connectivity index (χ0n) is 37.7. The second kappa shape index (κ2) is 11.6.